The van der Waals surface area contributed by atoms with Gasteiger partial charge in [0.05, 0.1) is 18.3 Å². The van der Waals surface area contributed by atoms with Gasteiger partial charge in [0, 0.05) is 18.9 Å². The van der Waals surface area contributed by atoms with Gasteiger partial charge in [-0.15, -0.1) is 0 Å². The van der Waals surface area contributed by atoms with Crippen LogP contribution in [-0.4, -0.2) is 65.2 Å². The zero-order valence-corrected chi connectivity index (χ0v) is 18.3. The van der Waals surface area contributed by atoms with Gasteiger partial charge in [-0.05, 0) is 49.5 Å². The molecule has 2 aliphatic heterocycles. The fraction of sp³-hybridized carbons (Fsp3) is 0.870. The van der Waals surface area contributed by atoms with Crippen molar-refractivity contribution >= 4 is 5.78 Å². The van der Waals surface area contributed by atoms with E-state index in [2.05, 4.69) is 6.58 Å². The van der Waals surface area contributed by atoms with Crippen LogP contribution in [0.4, 0.5) is 0 Å². The summed E-state index contributed by atoms with van der Waals surface area (Å²) in [5, 5.41) is 23.0. The number of Topliss-reactive ketones (excluding diaryl/α,β-unsaturated/α-hetero) is 1. The Morgan fingerprint density at radius 2 is 1.80 bits per heavy atom. The fourth-order valence-corrected chi connectivity index (χ4v) is 8.41. The number of carbonyl (C=O) groups is 1. The second kappa shape index (κ2) is 5.38. The van der Waals surface area contributed by atoms with Crippen LogP contribution in [0.1, 0.15) is 40.5 Å². The molecule has 11 atom stereocenters. The van der Waals surface area contributed by atoms with Crippen molar-refractivity contribution < 1.29 is 34.0 Å². The molecule has 0 aromatic heterocycles. The van der Waals surface area contributed by atoms with Gasteiger partial charge in [0.2, 0.25) is 5.79 Å². The van der Waals surface area contributed by atoms with Crippen molar-refractivity contribution in [3.63, 3.8) is 0 Å². The maximum absolute atomic E-state index is 14.0. The quantitative estimate of drug-likeness (QED) is 0.489. The molecular formula is C23H32O7. The van der Waals surface area contributed by atoms with Gasteiger partial charge in [0.25, 0.3) is 0 Å². The van der Waals surface area contributed by atoms with E-state index in [0.29, 0.717) is 5.57 Å². The van der Waals surface area contributed by atoms with Crippen LogP contribution in [0.25, 0.3) is 0 Å². The number of aliphatic hydroxyl groups excluding tert-OH is 2. The number of ketones is 1. The van der Waals surface area contributed by atoms with Gasteiger partial charge in [-0.2, -0.15) is 0 Å². The second-order valence-corrected chi connectivity index (χ2v) is 11.3. The summed E-state index contributed by atoms with van der Waals surface area (Å²) in [4.78, 5) is 14.0. The Bertz CT molecular complexity index is 850. The van der Waals surface area contributed by atoms with Crippen LogP contribution in [0.3, 0.4) is 0 Å². The fourth-order valence-electron chi connectivity index (χ4n) is 8.41. The van der Waals surface area contributed by atoms with Crippen molar-refractivity contribution in [2.75, 3.05) is 7.11 Å². The first-order valence-corrected chi connectivity index (χ1v) is 11.1. The lowest BCUT2D eigenvalue weighted by molar-refractivity contribution is -0.488. The van der Waals surface area contributed by atoms with E-state index in [4.69, 9.17) is 18.9 Å². The minimum atomic E-state index is -1.57. The Balaban J connectivity index is 1.63. The number of aliphatic hydroxyl groups is 2. The standard InChI is InChI=1S/C23H32O7/c1-9-10-7-8-11-12-13(20(2,3)18(26)15-14(12)28-15)17(25)23(27-6)22(11,16(9)24)19(10)29-21(4,5)30-23/h10-15,17-19,25-26H,1,7-8H2,2-6H3/t10-,11-,12?,13+,14-,15-,17-,18-,19+,22-,23-/m0/s1. The minimum absolute atomic E-state index is 0.0848. The SMILES string of the molecule is C=C1C(=O)[C@@]23[C@@H]4OC(C)(C)O[C@@]2(OC)[C@@H](O)[C@H]2C([C@@H]5O[C@@H]5[C@H](O)C2(C)C)[C@@H]3CC[C@@H]14. The van der Waals surface area contributed by atoms with E-state index >= 15 is 0 Å². The topological polar surface area (TPSA) is 97.8 Å². The molecule has 0 amide bonds. The lowest BCUT2D eigenvalue weighted by atomic mass is 9.42. The van der Waals surface area contributed by atoms with E-state index in [1.807, 2.05) is 13.8 Å². The Hall–Kier alpha value is -0.830. The number of carbonyl (C=O) groups excluding carboxylic acids is 1. The molecule has 166 valence electrons. The summed E-state index contributed by atoms with van der Waals surface area (Å²) >= 11 is 0. The number of rotatable bonds is 1. The van der Waals surface area contributed by atoms with Crippen molar-refractivity contribution in [3.8, 4) is 0 Å². The molecule has 7 nitrogen and oxygen atoms in total. The number of epoxide rings is 1. The van der Waals surface area contributed by atoms with Gasteiger partial charge in [-0.3, -0.25) is 4.79 Å². The Morgan fingerprint density at radius 3 is 2.47 bits per heavy atom. The molecule has 4 saturated carbocycles. The molecule has 1 unspecified atom stereocenters. The molecule has 0 aromatic rings. The molecule has 6 aliphatic rings. The smallest absolute Gasteiger partial charge is 0.213 e. The van der Waals surface area contributed by atoms with Crippen molar-refractivity contribution in [1.82, 2.24) is 0 Å². The largest absolute Gasteiger partial charge is 0.390 e. The zero-order chi connectivity index (χ0) is 21.6. The molecule has 2 bridgehead atoms. The van der Waals surface area contributed by atoms with Gasteiger partial charge in [-0.25, -0.2) is 0 Å². The molecule has 2 N–H and O–H groups in total. The number of hydrogen-bond acceptors (Lipinski definition) is 7. The average molecular weight is 421 g/mol. The molecule has 0 radical (unpaired) electrons. The van der Waals surface area contributed by atoms with Crippen molar-refractivity contribution in [2.45, 2.75) is 82.6 Å². The molecule has 6 rings (SSSR count). The van der Waals surface area contributed by atoms with Crippen LogP contribution in [0.5, 0.6) is 0 Å². The van der Waals surface area contributed by atoms with E-state index in [0.717, 1.165) is 12.8 Å². The third kappa shape index (κ3) is 1.82. The highest BCUT2D eigenvalue weighted by atomic mass is 16.8. The first-order chi connectivity index (χ1) is 14.0. The molecule has 2 heterocycles. The highest BCUT2D eigenvalue weighted by Gasteiger charge is 2.86. The third-order valence-corrected chi connectivity index (χ3v) is 9.47. The number of ether oxygens (including phenoxy) is 4. The van der Waals surface area contributed by atoms with E-state index in [-0.39, 0.29) is 41.7 Å². The van der Waals surface area contributed by atoms with E-state index in [1.165, 1.54) is 7.11 Å². The Kier molecular flexibility index (Phi) is 3.56. The Morgan fingerprint density at radius 1 is 1.10 bits per heavy atom. The zero-order valence-electron chi connectivity index (χ0n) is 18.3. The van der Waals surface area contributed by atoms with Crippen LogP contribution in [0.15, 0.2) is 12.2 Å². The number of fused-ring (bicyclic) bond motifs is 4. The van der Waals surface area contributed by atoms with E-state index in [9.17, 15) is 15.0 Å². The highest BCUT2D eigenvalue weighted by Crippen LogP contribution is 2.74. The molecule has 30 heavy (non-hydrogen) atoms. The highest BCUT2D eigenvalue weighted by molar-refractivity contribution is 6.05. The predicted octanol–water partition coefficient (Wildman–Crippen LogP) is 1.41. The summed E-state index contributed by atoms with van der Waals surface area (Å²) in [5.74, 6) is -3.39. The van der Waals surface area contributed by atoms with Crippen molar-refractivity contribution in [3.05, 3.63) is 12.2 Å². The van der Waals surface area contributed by atoms with Crippen LogP contribution >= 0.6 is 0 Å². The molecule has 4 aliphatic carbocycles. The van der Waals surface area contributed by atoms with Crippen LogP contribution < -0.4 is 0 Å². The molecule has 1 spiro atoms. The average Bonchev–Trinajstić information content (AvgIpc) is 3.44. The summed E-state index contributed by atoms with van der Waals surface area (Å²) in [6.45, 7) is 11.7. The monoisotopic (exact) mass is 420 g/mol. The van der Waals surface area contributed by atoms with Crippen LogP contribution in [0, 0.1) is 34.5 Å². The molecule has 0 aromatic carbocycles. The first-order valence-electron chi connectivity index (χ1n) is 11.1. The van der Waals surface area contributed by atoms with E-state index < -0.39 is 40.7 Å². The first kappa shape index (κ1) is 19.8. The third-order valence-electron chi connectivity index (χ3n) is 9.47. The van der Waals surface area contributed by atoms with Gasteiger partial charge in [0.1, 0.15) is 17.6 Å². The maximum atomic E-state index is 14.0. The lowest BCUT2D eigenvalue weighted by Gasteiger charge is -2.69. The Labute approximate surface area is 176 Å². The summed E-state index contributed by atoms with van der Waals surface area (Å²) in [6, 6.07) is 0. The molecule has 2 saturated heterocycles. The van der Waals surface area contributed by atoms with Crippen molar-refractivity contribution in [1.29, 1.82) is 0 Å². The summed E-state index contributed by atoms with van der Waals surface area (Å²) in [5.41, 5.74) is -1.24. The lowest BCUT2D eigenvalue weighted by Crippen LogP contribution is -2.82. The van der Waals surface area contributed by atoms with Crippen LogP contribution in [-0.2, 0) is 23.7 Å². The second-order valence-electron chi connectivity index (χ2n) is 11.3. The summed E-state index contributed by atoms with van der Waals surface area (Å²) < 4.78 is 24.9. The predicted molar refractivity (Wildman–Crippen MR) is 104 cm³/mol. The summed E-state index contributed by atoms with van der Waals surface area (Å²) in [7, 11) is 1.51. The van der Waals surface area contributed by atoms with Gasteiger partial charge in [0.15, 0.2) is 11.6 Å². The molecule has 7 heteroatoms. The van der Waals surface area contributed by atoms with Crippen molar-refractivity contribution in [2.24, 2.45) is 34.5 Å². The maximum Gasteiger partial charge on any atom is 0.213 e. The molecule has 6 fully saturated rings. The number of methoxy groups -OCH3 is 1. The van der Waals surface area contributed by atoms with Gasteiger partial charge < -0.3 is 29.2 Å². The van der Waals surface area contributed by atoms with Crippen LogP contribution in [0.2, 0.25) is 0 Å². The summed E-state index contributed by atoms with van der Waals surface area (Å²) in [6.07, 6.45) is -1.11. The van der Waals surface area contributed by atoms with E-state index in [1.54, 1.807) is 13.8 Å². The van der Waals surface area contributed by atoms with Gasteiger partial charge in [-0.1, -0.05) is 20.4 Å². The number of hydrogen-bond donors (Lipinski definition) is 2. The normalized spacial score (nSPS) is 59.2. The minimum Gasteiger partial charge on any atom is -0.390 e. The van der Waals surface area contributed by atoms with Gasteiger partial charge >= 0.3 is 0 Å². The molecular weight excluding hydrogens is 388 g/mol.